The van der Waals surface area contributed by atoms with Crippen LogP contribution in [0.25, 0.3) is 0 Å². The van der Waals surface area contributed by atoms with E-state index in [1.165, 1.54) is 0 Å². The van der Waals surface area contributed by atoms with Crippen LogP contribution >= 0.6 is 34.8 Å². The van der Waals surface area contributed by atoms with E-state index in [9.17, 15) is 0 Å². The topological polar surface area (TPSA) is 50.7 Å². The van der Waals surface area contributed by atoms with Gasteiger partial charge in [0.15, 0.2) is 11.5 Å². The zero-order valence-electron chi connectivity index (χ0n) is 13.1. The Morgan fingerprint density at radius 2 is 1.75 bits per heavy atom. The molecular weight excluding hydrogens is 373 g/mol. The fourth-order valence-corrected chi connectivity index (χ4v) is 2.72. The monoisotopic (exact) mass is 389 g/mol. The number of hydrogen-bond donors (Lipinski definition) is 2. The van der Waals surface area contributed by atoms with Crippen molar-refractivity contribution in [2.45, 2.75) is 13.2 Å². The molecule has 0 aliphatic rings. The van der Waals surface area contributed by atoms with Crippen LogP contribution < -0.4 is 14.8 Å². The Hall–Kier alpha value is -1.17. The number of hydrogen-bond acceptors (Lipinski definition) is 4. The average Bonchev–Trinajstić information content (AvgIpc) is 2.56. The van der Waals surface area contributed by atoms with Crippen molar-refractivity contribution < 1.29 is 14.6 Å². The number of aliphatic hydroxyl groups excluding tert-OH is 1. The predicted octanol–water partition coefficient (Wildman–Crippen LogP) is 4.32. The zero-order valence-corrected chi connectivity index (χ0v) is 15.4. The van der Waals surface area contributed by atoms with Gasteiger partial charge in [0.05, 0.1) is 28.8 Å². The second-order valence-electron chi connectivity index (χ2n) is 5.05. The maximum absolute atomic E-state index is 8.81. The minimum absolute atomic E-state index is 0.0791. The summed E-state index contributed by atoms with van der Waals surface area (Å²) < 4.78 is 11.2. The predicted molar refractivity (Wildman–Crippen MR) is 97.6 cm³/mol. The molecule has 2 aromatic carbocycles. The summed E-state index contributed by atoms with van der Waals surface area (Å²) in [5.41, 5.74) is 1.81. The summed E-state index contributed by atoms with van der Waals surface area (Å²) >= 11 is 18.2. The number of methoxy groups -OCH3 is 1. The normalized spacial score (nSPS) is 10.7. The summed E-state index contributed by atoms with van der Waals surface area (Å²) in [6.07, 6.45) is 0. The van der Waals surface area contributed by atoms with Gasteiger partial charge in [0.25, 0.3) is 0 Å². The molecule has 130 valence electrons. The van der Waals surface area contributed by atoms with Crippen molar-refractivity contribution in [1.29, 1.82) is 0 Å². The number of nitrogens with one attached hydrogen (secondary N) is 1. The average molecular weight is 391 g/mol. The molecule has 2 aromatic rings. The van der Waals surface area contributed by atoms with E-state index in [1.54, 1.807) is 25.3 Å². The Bertz CT molecular complexity index is 695. The Morgan fingerprint density at radius 3 is 2.42 bits per heavy atom. The summed E-state index contributed by atoms with van der Waals surface area (Å²) in [6.45, 7) is 1.45. The van der Waals surface area contributed by atoms with Crippen LogP contribution in [0.15, 0.2) is 30.3 Å². The summed E-state index contributed by atoms with van der Waals surface area (Å²) in [4.78, 5) is 0. The molecule has 24 heavy (non-hydrogen) atoms. The van der Waals surface area contributed by atoms with Crippen molar-refractivity contribution in [3.05, 3.63) is 56.5 Å². The maximum atomic E-state index is 8.81. The molecule has 0 saturated carbocycles. The smallest absolute Gasteiger partial charge is 0.180 e. The molecule has 0 fully saturated rings. The molecule has 0 amide bonds. The lowest BCUT2D eigenvalue weighted by Crippen LogP contribution is -2.17. The minimum atomic E-state index is 0.0791. The zero-order chi connectivity index (χ0) is 17.5. The van der Waals surface area contributed by atoms with Crippen molar-refractivity contribution in [1.82, 2.24) is 5.32 Å². The van der Waals surface area contributed by atoms with E-state index in [0.717, 1.165) is 11.1 Å². The number of ether oxygens (including phenoxy) is 2. The standard InChI is InChI=1S/C17H18Cl3NO3/c1-23-16-8-12(9-21-4-5-22)7-15(20)17(16)24-10-11-2-3-13(18)14(19)6-11/h2-3,6-8,21-22H,4-5,9-10H2,1H3. The maximum Gasteiger partial charge on any atom is 0.180 e. The van der Waals surface area contributed by atoms with Crippen LogP contribution in [0.4, 0.5) is 0 Å². The van der Waals surface area contributed by atoms with Crippen molar-refractivity contribution in [3.8, 4) is 11.5 Å². The highest BCUT2D eigenvalue weighted by Crippen LogP contribution is 2.37. The van der Waals surface area contributed by atoms with Gasteiger partial charge in [0, 0.05) is 13.1 Å². The molecular formula is C17H18Cl3NO3. The van der Waals surface area contributed by atoms with Gasteiger partial charge in [-0.1, -0.05) is 40.9 Å². The van der Waals surface area contributed by atoms with Gasteiger partial charge in [-0.15, -0.1) is 0 Å². The van der Waals surface area contributed by atoms with Gasteiger partial charge in [-0.2, -0.15) is 0 Å². The molecule has 7 heteroatoms. The molecule has 0 bridgehead atoms. The van der Waals surface area contributed by atoms with Gasteiger partial charge in [-0.3, -0.25) is 0 Å². The molecule has 2 N–H and O–H groups in total. The molecule has 2 rings (SSSR count). The fourth-order valence-electron chi connectivity index (χ4n) is 2.11. The molecule has 0 aliphatic heterocycles. The van der Waals surface area contributed by atoms with Gasteiger partial charge < -0.3 is 19.9 Å². The summed E-state index contributed by atoms with van der Waals surface area (Å²) in [6, 6.07) is 8.95. The van der Waals surface area contributed by atoms with Crippen LogP contribution in [0.5, 0.6) is 11.5 Å². The Balaban J connectivity index is 2.12. The Kier molecular flexibility index (Phi) is 7.46. The number of rotatable bonds is 8. The van der Waals surface area contributed by atoms with Crippen LogP contribution in [0.2, 0.25) is 15.1 Å². The number of halogens is 3. The number of aliphatic hydroxyl groups is 1. The quantitative estimate of drug-likeness (QED) is 0.659. The molecule has 0 atom stereocenters. The van der Waals surface area contributed by atoms with Gasteiger partial charge in [0.1, 0.15) is 6.61 Å². The second-order valence-corrected chi connectivity index (χ2v) is 6.27. The van der Waals surface area contributed by atoms with Crippen molar-refractivity contribution >= 4 is 34.8 Å². The summed E-state index contributed by atoms with van der Waals surface area (Å²) in [5.74, 6) is 1.01. The molecule has 0 radical (unpaired) electrons. The van der Waals surface area contributed by atoms with Crippen molar-refractivity contribution in [3.63, 3.8) is 0 Å². The van der Waals surface area contributed by atoms with Crippen molar-refractivity contribution in [2.24, 2.45) is 0 Å². The van der Waals surface area contributed by atoms with E-state index in [4.69, 9.17) is 49.4 Å². The molecule has 0 heterocycles. The SMILES string of the molecule is COc1cc(CNCCO)cc(Cl)c1OCc1ccc(Cl)c(Cl)c1. The summed E-state index contributed by atoms with van der Waals surface area (Å²) in [7, 11) is 1.56. The first kappa shape index (κ1) is 19.2. The fraction of sp³-hybridized carbons (Fsp3) is 0.294. The first-order valence-corrected chi connectivity index (χ1v) is 8.43. The van der Waals surface area contributed by atoms with Crippen molar-refractivity contribution in [2.75, 3.05) is 20.3 Å². The van der Waals surface area contributed by atoms with E-state index in [0.29, 0.717) is 39.7 Å². The second kappa shape index (κ2) is 9.35. The first-order valence-electron chi connectivity index (χ1n) is 7.30. The lowest BCUT2D eigenvalue weighted by Gasteiger charge is -2.15. The van der Waals surface area contributed by atoms with Gasteiger partial charge in [-0.05, 0) is 35.4 Å². The summed E-state index contributed by atoms with van der Waals surface area (Å²) in [5, 5.41) is 13.3. The lowest BCUT2D eigenvalue weighted by atomic mass is 10.2. The Morgan fingerprint density at radius 1 is 1.00 bits per heavy atom. The van der Waals surface area contributed by atoms with E-state index < -0.39 is 0 Å². The van der Waals surface area contributed by atoms with Crippen LogP contribution in [0.3, 0.4) is 0 Å². The van der Waals surface area contributed by atoms with Crippen LogP contribution in [0.1, 0.15) is 11.1 Å². The molecule has 0 aliphatic carbocycles. The highest BCUT2D eigenvalue weighted by atomic mass is 35.5. The highest BCUT2D eigenvalue weighted by Gasteiger charge is 2.12. The van der Waals surface area contributed by atoms with Crippen LogP contribution in [0, 0.1) is 0 Å². The van der Waals surface area contributed by atoms with E-state index >= 15 is 0 Å². The van der Waals surface area contributed by atoms with Crippen LogP contribution in [-0.2, 0) is 13.2 Å². The largest absolute Gasteiger partial charge is 0.493 e. The van der Waals surface area contributed by atoms with E-state index in [2.05, 4.69) is 5.32 Å². The van der Waals surface area contributed by atoms with E-state index in [1.807, 2.05) is 12.1 Å². The number of benzene rings is 2. The molecule has 0 saturated heterocycles. The van der Waals surface area contributed by atoms with E-state index in [-0.39, 0.29) is 13.2 Å². The third kappa shape index (κ3) is 5.16. The van der Waals surface area contributed by atoms with Crippen LogP contribution in [-0.4, -0.2) is 25.4 Å². The van der Waals surface area contributed by atoms with Gasteiger partial charge >= 0.3 is 0 Å². The molecule has 4 nitrogen and oxygen atoms in total. The van der Waals surface area contributed by atoms with Gasteiger partial charge in [-0.25, -0.2) is 0 Å². The molecule has 0 spiro atoms. The minimum Gasteiger partial charge on any atom is -0.493 e. The molecule has 0 unspecified atom stereocenters. The lowest BCUT2D eigenvalue weighted by molar-refractivity contribution is 0.284. The third-order valence-corrected chi connectivity index (χ3v) is 4.29. The van der Waals surface area contributed by atoms with Gasteiger partial charge in [0.2, 0.25) is 0 Å². The first-order chi connectivity index (χ1) is 11.5. The highest BCUT2D eigenvalue weighted by molar-refractivity contribution is 6.42. The molecule has 0 aromatic heterocycles. The third-order valence-electron chi connectivity index (χ3n) is 3.27. The Labute approximate surface area is 156 Å².